The highest BCUT2D eigenvalue weighted by Crippen LogP contribution is 2.61. The number of allylic oxidation sites excluding steroid dienone is 4. The molecule has 0 bridgehead atoms. The van der Waals surface area contributed by atoms with Crippen LogP contribution in [0.25, 0.3) is 38.6 Å². The summed E-state index contributed by atoms with van der Waals surface area (Å²) >= 11 is 0. The molecule has 5 aromatic carbocycles. The summed E-state index contributed by atoms with van der Waals surface area (Å²) in [5.74, 6) is 0.625. The summed E-state index contributed by atoms with van der Waals surface area (Å²) in [7, 11) is 0. The Morgan fingerprint density at radius 2 is 1.43 bits per heavy atom. The summed E-state index contributed by atoms with van der Waals surface area (Å²) in [5.41, 5.74) is 18.5. The molecule has 6 aromatic rings. The van der Waals surface area contributed by atoms with Crippen LogP contribution in [-0.2, 0) is 0 Å². The molecule has 1 saturated carbocycles. The summed E-state index contributed by atoms with van der Waals surface area (Å²) in [5, 5.41) is 2.73. The van der Waals surface area contributed by atoms with Crippen LogP contribution in [0, 0.1) is 5.41 Å². The Kier molecular flexibility index (Phi) is 4.83. The van der Waals surface area contributed by atoms with Crippen LogP contribution in [0.4, 0.5) is 11.4 Å². The van der Waals surface area contributed by atoms with E-state index >= 15 is 0 Å². The second-order valence-electron chi connectivity index (χ2n) is 14.7. The zero-order valence-electron chi connectivity index (χ0n) is 26.4. The number of para-hydroxylation sites is 2. The van der Waals surface area contributed by atoms with Gasteiger partial charge in [0, 0.05) is 50.8 Å². The van der Waals surface area contributed by atoms with E-state index in [1.807, 2.05) is 0 Å². The van der Waals surface area contributed by atoms with Crippen molar-refractivity contribution in [3.63, 3.8) is 0 Å². The van der Waals surface area contributed by atoms with Crippen LogP contribution < -0.4 is 15.8 Å². The van der Waals surface area contributed by atoms with Crippen LogP contribution >= 0.6 is 0 Å². The van der Waals surface area contributed by atoms with Crippen molar-refractivity contribution < 1.29 is 0 Å². The van der Waals surface area contributed by atoms with E-state index in [0.717, 1.165) is 0 Å². The predicted molar refractivity (Wildman–Crippen MR) is 195 cm³/mol. The van der Waals surface area contributed by atoms with Gasteiger partial charge in [-0.1, -0.05) is 135 Å². The number of nitrogens with zero attached hydrogens (tertiary/aromatic N) is 2. The highest BCUT2D eigenvalue weighted by atomic mass is 15.2. The Morgan fingerprint density at radius 3 is 2.26 bits per heavy atom. The number of aromatic nitrogens is 1. The molecule has 2 nitrogen and oxygen atoms in total. The summed E-state index contributed by atoms with van der Waals surface area (Å²) in [6, 6.07) is 44.4. The Hall–Kier alpha value is -4.76. The van der Waals surface area contributed by atoms with Crippen molar-refractivity contribution >= 4 is 67.7 Å². The highest BCUT2D eigenvalue weighted by molar-refractivity contribution is 6.97. The molecule has 1 aromatic heterocycles. The zero-order valence-corrected chi connectivity index (χ0v) is 26.4. The van der Waals surface area contributed by atoms with Crippen molar-refractivity contribution in [3.05, 3.63) is 137 Å². The average molecular weight is 591 g/mol. The molecule has 0 amide bonds. The van der Waals surface area contributed by atoms with Crippen molar-refractivity contribution in [2.45, 2.75) is 51.5 Å². The van der Waals surface area contributed by atoms with Gasteiger partial charge in [0.2, 0.25) is 6.71 Å². The van der Waals surface area contributed by atoms with Gasteiger partial charge in [-0.25, -0.2) is 0 Å². The Balaban J connectivity index is 1.34. The first-order valence-corrected chi connectivity index (χ1v) is 17.2. The van der Waals surface area contributed by atoms with Crippen LogP contribution in [0.3, 0.4) is 0 Å². The molecule has 5 aliphatic rings. The smallest absolute Gasteiger partial charge is 0.248 e. The fourth-order valence-electron chi connectivity index (χ4n) is 10.6. The molecule has 0 spiro atoms. The monoisotopic (exact) mass is 590 g/mol. The van der Waals surface area contributed by atoms with E-state index in [-0.39, 0.29) is 12.1 Å². The quantitative estimate of drug-likeness (QED) is 0.183. The fourth-order valence-corrected chi connectivity index (χ4v) is 10.6. The number of hydrogen-bond acceptors (Lipinski definition) is 1. The van der Waals surface area contributed by atoms with Crippen LogP contribution in [0.2, 0.25) is 0 Å². The molecule has 0 radical (unpaired) electrons. The number of fused-ring (bicyclic) bond motifs is 10. The number of anilines is 2. The minimum Gasteiger partial charge on any atom is -0.338 e. The Bertz CT molecular complexity index is 2360. The first kappa shape index (κ1) is 25.4. The third-order valence-corrected chi connectivity index (χ3v) is 12.2. The van der Waals surface area contributed by atoms with Crippen molar-refractivity contribution in [2.75, 3.05) is 4.90 Å². The van der Waals surface area contributed by atoms with E-state index in [0.29, 0.717) is 12.0 Å². The van der Waals surface area contributed by atoms with Gasteiger partial charge >= 0.3 is 0 Å². The van der Waals surface area contributed by atoms with E-state index in [4.69, 9.17) is 0 Å². The largest absolute Gasteiger partial charge is 0.338 e. The van der Waals surface area contributed by atoms with Gasteiger partial charge in [0.1, 0.15) is 0 Å². The Morgan fingerprint density at radius 1 is 0.696 bits per heavy atom. The molecular weight excluding hydrogens is 555 g/mol. The number of rotatable bonds is 2. The number of hydrogen-bond donors (Lipinski definition) is 0. The number of benzene rings is 5. The van der Waals surface area contributed by atoms with Crippen LogP contribution in [0.1, 0.15) is 62.1 Å². The molecular formula is C43H35BN2. The third-order valence-electron chi connectivity index (χ3n) is 12.2. The molecule has 11 rings (SSSR count). The maximum absolute atomic E-state index is 2.82. The van der Waals surface area contributed by atoms with E-state index in [1.165, 1.54) is 97.8 Å². The average Bonchev–Trinajstić information content (AvgIpc) is 3.71. The maximum atomic E-state index is 2.82. The highest BCUT2D eigenvalue weighted by Gasteiger charge is 2.55. The van der Waals surface area contributed by atoms with Crippen molar-refractivity contribution in [3.8, 4) is 0 Å². The zero-order chi connectivity index (χ0) is 30.3. The summed E-state index contributed by atoms with van der Waals surface area (Å²) in [6.45, 7) is 5.21. The van der Waals surface area contributed by atoms with E-state index in [9.17, 15) is 0 Å². The van der Waals surface area contributed by atoms with Gasteiger partial charge in [-0.05, 0) is 58.2 Å². The molecule has 2 unspecified atom stereocenters. The summed E-state index contributed by atoms with van der Waals surface area (Å²) in [6.07, 6.45) is 5.25. The molecule has 0 N–H and O–H groups in total. The topological polar surface area (TPSA) is 8.17 Å². The first-order valence-electron chi connectivity index (χ1n) is 17.2. The molecule has 2 atom stereocenters. The minimum absolute atomic E-state index is 0.201. The van der Waals surface area contributed by atoms with Gasteiger partial charge in [0.25, 0.3) is 0 Å². The van der Waals surface area contributed by atoms with Crippen molar-refractivity contribution in [1.82, 2.24) is 4.57 Å². The van der Waals surface area contributed by atoms with Crippen molar-refractivity contribution in [1.29, 1.82) is 0 Å². The predicted octanol–water partition coefficient (Wildman–Crippen LogP) is 9.31. The molecule has 3 aliphatic heterocycles. The van der Waals surface area contributed by atoms with Gasteiger partial charge in [-0.3, -0.25) is 0 Å². The molecule has 0 saturated heterocycles. The van der Waals surface area contributed by atoms with Gasteiger partial charge < -0.3 is 9.47 Å². The van der Waals surface area contributed by atoms with Crippen molar-refractivity contribution in [2.24, 2.45) is 5.41 Å². The van der Waals surface area contributed by atoms with Crippen LogP contribution in [-0.4, -0.2) is 17.3 Å². The minimum atomic E-state index is -0.203. The third kappa shape index (κ3) is 2.92. The molecule has 4 heterocycles. The summed E-state index contributed by atoms with van der Waals surface area (Å²) in [4.78, 5) is 2.82. The first-order chi connectivity index (χ1) is 22.6. The molecule has 220 valence electrons. The van der Waals surface area contributed by atoms with Crippen LogP contribution in [0.15, 0.2) is 121 Å². The van der Waals surface area contributed by atoms with Gasteiger partial charge in [0.05, 0.1) is 11.0 Å². The Labute approximate surface area is 270 Å². The summed E-state index contributed by atoms with van der Waals surface area (Å²) < 4.78 is 2.69. The van der Waals surface area contributed by atoms with Gasteiger partial charge in [0.15, 0.2) is 0 Å². The lowest BCUT2D eigenvalue weighted by Gasteiger charge is -2.43. The van der Waals surface area contributed by atoms with E-state index < -0.39 is 0 Å². The normalized spacial score (nSPS) is 21.7. The second kappa shape index (κ2) is 8.73. The fraction of sp³-hybridized carbons (Fsp3) is 0.209. The molecule has 1 fully saturated rings. The second-order valence-corrected chi connectivity index (χ2v) is 14.7. The van der Waals surface area contributed by atoms with Gasteiger partial charge in [-0.15, -0.1) is 0 Å². The molecule has 3 heteroatoms. The lowest BCUT2D eigenvalue weighted by atomic mass is 9.30. The molecule has 2 aliphatic carbocycles. The van der Waals surface area contributed by atoms with E-state index in [1.54, 1.807) is 11.0 Å². The standard InChI is InChI=1S/C43H35BN2/c1-43(2)37(27-16-7-4-8-17-27)36(26-14-5-3-6-15-26)41-42(43)44-32-21-13-20-30-28-18-9-11-22-33(28)45(39(30)32)35-25-24-31-29-19-10-12-23-34(29)46(41)40(31)38(35)44/h3-8,10,12-17,19-21,23-25,28,33H,9,11,18,22H2,1-2H3. The maximum Gasteiger partial charge on any atom is 0.248 e. The lowest BCUT2D eigenvalue weighted by Crippen LogP contribution is -2.57. The van der Waals surface area contributed by atoms with Gasteiger partial charge in [-0.2, -0.15) is 0 Å². The lowest BCUT2D eigenvalue weighted by molar-refractivity contribution is 0.402. The van der Waals surface area contributed by atoms with Crippen LogP contribution in [0.5, 0.6) is 0 Å². The molecule has 46 heavy (non-hydrogen) atoms. The SMILES string of the molecule is CC1(C)C2=C(C(c3ccccc3)=C1c1ccccc1)n1c3ccccc3c3ccc4c(c31)B2c1cccc2c1N4C1CCCCC21. The van der Waals surface area contributed by atoms with E-state index in [2.05, 4.69) is 139 Å².